The first-order valence-electron chi connectivity index (χ1n) is 8.99. The van der Waals surface area contributed by atoms with Crippen LogP contribution in [0.2, 0.25) is 0 Å². The molecule has 0 spiro atoms. The van der Waals surface area contributed by atoms with E-state index in [4.69, 9.17) is 5.73 Å². The average Bonchev–Trinajstić information content (AvgIpc) is 3.09. The summed E-state index contributed by atoms with van der Waals surface area (Å²) in [5, 5.41) is 11.0. The van der Waals surface area contributed by atoms with Gasteiger partial charge >= 0.3 is 0 Å². The SMILES string of the molecule is CC(C=O)(Cc1c[nH]c2ccccc12)C(N)[C@H](CO)Cc1ccccc1. The maximum absolute atomic E-state index is 12.0. The van der Waals surface area contributed by atoms with Gasteiger partial charge in [0.25, 0.3) is 0 Å². The number of benzene rings is 2. The van der Waals surface area contributed by atoms with Gasteiger partial charge in [0, 0.05) is 41.1 Å². The lowest BCUT2D eigenvalue weighted by Crippen LogP contribution is -2.49. The quantitative estimate of drug-likeness (QED) is 0.546. The van der Waals surface area contributed by atoms with Crippen LogP contribution in [0.3, 0.4) is 0 Å². The molecule has 0 bridgehead atoms. The van der Waals surface area contributed by atoms with E-state index in [2.05, 4.69) is 4.98 Å². The Morgan fingerprint density at radius 2 is 1.85 bits per heavy atom. The first kappa shape index (κ1) is 18.4. The van der Waals surface area contributed by atoms with Crippen LogP contribution in [0, 0.1) is 11.3 Å². The third kappa shape index (κ3) is 3.71. The molecule has 1 aromatic heterocycles. The van der Waals surface area contributed by atoms with Crippen LogP contribution in [0.5, 0.6) is 0 Å². The highest BCUT2D eigenvalue weighted by Crippen LogP contribution is 2.32. The van der Waals surface area contributed by atoms with E-state index >= 15 is 0 Å². The van der Waals surface area contributed by atoms with Crippen LogP contribution in [0.4, 0.5) is 0 Å². The number of fused-ring (bicyclic) bond motifs is 1. The summed E-state index contributed by atoms with van der Waals surface area (Å²) >= 11 is 0. The highest BCUT2D eigenvalue weighted by atomic mass is 16.3. The topological polar surface area (TPSA) is 79.1 Å². The van der Waals surface area contributed by atoms with Gasteiger partial charge < -0.3 is 20.6 Å². The number of para-hydroxylation sites is 1. The van der Waals surface area contributed by atoms with Crippen molar-refractivity contribution < 1.29 is 9.90 Å². The average molecular weight is 350 g/mol. The molecule has 0 amide bonds. The normalized spacial score (nSPS) is 16.1. The Hall–Kier alpha value is -2.43. The number of aldehydes is 1. The van der Waals surface area contributed by atoms with Gasteiger partial charge in [0.15, 0.2) is 0 Å². The number of nitrogens with one attached hydrogen (secondary N) is 1. The zero-order valence-electron chi connectivity index (χ0n) is 15.1. The van der Waals surface area contributed by atoms with E-state index in [1.807, 2.05) is 67.7 Å². The second-order valence-electron chi connectivity index (χ2n) is 7.32. The first-order chi connectivity index (χ1) is 12.6. The van der Waals surface area contributed by atoms with Crippen molar-refractivity contribution in [2.75, 3.05) is 6.61 Å². The van der Waals surface area contributed by atoms with Crippen LogP contribution >= 0.6 is 0 Å². The summed E-state index contributed by atoms with van der Waals surface area (Å²) in [7, 11) is 0. The molecular formula is C22H26N2O2. The highest BCUT2D eigenvalue weighted by molar-refractivity contribution is 5.83. The second kappa shape index (κ2) is 7.85. The zero-order chi connectivity index (χ0) is 18.6. The van der Waals surface area contributed by atoms with Gasteiger partial charge in [-0.15, -0.1) is 0 Å². The van der Waals surface area contributed by atoms with E-state index in [0.29, 0.717) is 12.8 Å². The number of aromatic amines is 1. The van der Waals surface area contributed by atoms with E-state index < -0.39 is 11.5 Å². The van der Waals surface area contributed by atoms with Gasteiger partial charge in [0.2, 0.25) is 0 Å². The summed E-state index contributed by atoms with van der Waals surface area (Å²) in [6.45, 7) is 1.84. The molecule has 3 rings (SSSR count). The lowest BCUT2D eigenvalue weighted by atomic mass is 9.72. The Morgan fingerprint density at radius 1 is 1.15 bits per heavy atom. The minimum Gasteiger partial charge on any atom is -0.396 e. The van der Waals surface area contributed by atoms with Gasteiger partial charge in [-0.05, 0) is 30.0 Å². The molecule has 3 atom stereocenters. The van der Waals surface area contributed by atoms with E-state index in [1.54, 1.807) is 0 Å². The van der Waals surface area contributed by atoms with Crippen LogP contribution in [0.1, 0.15) is 18.1 Å². The molecule has 4 nitrogen and oxygen atoms in total. The van der Waals surface area contributed by atoms with Crippen LogP contribution in [0.15, 0.2) is 60.8 Å². The predicted molar refractivity (Wildman–Crippen MR) is 105 cm³/mol. The number of aliphatic hydroxyl groups excluding tert-OH is 1. The number of aromatic nitrogens is 1. The minimum atomic E-state index is -0.757. The maximum Gasteiger partial charge on any atom is 0.127 e. The number of carbonyl (C=O) groups is 1. The lowest BCUT2D eigenvalue weighted by Gasteiger charge is -2.35. The van der Waals surface area contributed by atoms with Crippen molar-refractivity contribution in [1.82, 2.24) is 4.98 Å². The Balaban J connectivity index is 1.83. The van der Waals surface area contributed by atoms with E-state index in [0.717, 1.165) is 28.3 Å². The van der Waals surface area contributed by atoms with Crippen molar-refractivity contribution in [3.8, 4) is 0 Å². The predicted octanol–water partition coefficient (Wildman–Crippen LogP) is 3.09. The fourth-order valence-corrected chi connectivity index (χ4v) is 3.69. The van der Waals surface area contributed by atoms with Crippen LogP contribution in [-0.2, 0) is 17.6 Å². The fraction of sp³-hybridized carbons (Fsp3) is 0.318. The molecule has 0 aliphatic rings. The Labute approximate surface area is 154 Å². The summed E-state index contributed by atoms with van der Waals surface area (Å²) in [4.78, 5) is 15.3. The molecule has 0 aliphatic carbocycles. The third-order valence-corrected chi connectivity index (χ3v) is 5.36. The third-order valence-electron chi connectivity index (χ3n) is 5.36. The van der Waals surface area contributed by atoms with Crippen LogP contribution in [-0.4, -0.2) is 29.0 Å². The largest absolute Gasteiger partial charge is 0.396 e. The van der Waals surface area contributed by atoms with Gasteiger partial charge in [-0.2, -0.15) is 0 Å². The van der Waals surface area contributed by atoms with Crippen molar-refractivity contribution in [3.63, 3.8) is 0 Å². The van der Waals surface area contributed by atoms with Gasteiger partial charge in [0.1, 0.15) is 6.29 Å². The van der Waals surface area contributed by atoms with E-state index in [-0.39, 0.29) is 12.5 Å². The molecule has 0 fully saturated rings. The molecule has 0 saturated carbocycles. The maximum atomic E-state index is 12.0. The number of aliphatic hydroxyl groups is 1. The Kier molecular flexibility index (Phi) is 5.55. The number of rotatable bonds is 8. The van der Waals surface area contributed by atoms with Crippen LogP contribution < -0.4 is 5.73 Å². The van der Waals surface area contributed by atoms with Gasteiger partial charge in [-0.1, -0.05) is 55.5 Å². The molecule has 1 heterocycles. The summed E-state index contributed by atoms with van der Waals surface area (Å²) in [5.41, 5.74) is 9.00. The molecule has 4 N–H and O–H groups in total. The summed E-state index contributed by atoms with van der Waals surface area (Å²) in [6.07, 6.45) is 4.08. The minimum absolute atomic E-state index is 0.0482. The molecule has 3 aromatic rings. The highest BCUT2D eigenvalue weighted by Gasteiger charge is 2.37. The fourth-order valence-electron chi connectivity index (χ4n) is 3.69. The zero-order valence-corrected chi connectivity index (χ0v) is 15.1. The Bertz CT molecular complexity index is 859. The standard InChI is InChI=1S/C22H26N2O2/c1-22(15-26,12-18-13-24-20-10-6-5-9-19(18)20)21(23)17(14-25)11-16-7-3-2-4-8-16/h2-10,13,15,17,21,24-25H,11-12,14,23H2,1H3/t17-,21?,22?/m0/s1. The molecule has 0 radical (unpaired) electrons. The van der Waals surface area contributed by atoms with Crippen LogP contribution in [0.25, 0.3) is 10.9 Å². The monoisotopic (exact) mass is 350 g/mol. The van der Waals surface area contributed by atoms with Crippen molar-refractivity contribution in [2.24, 2.45) is 17.1 Å². The molecule has 136 valence electrons. The number of carbonyl (C=O) groups excluding carboxylic acids is 1. The van der Waals surface area contributed by atoms with Crippen molar-refractivity contribution in [1.29, 1.82) is 0 Å². The van der Waals surface area contributed by atoms with Gasteiger partial charge in [-0.3, -0.25) is 0 Å². The summed E-state index contributed by atoms with van der Waals surface area (Å²) in [5.74, 6) is -0.183. The van der Waals surface area contributed by atoms with E-state index in [9.17, 15) is 9.90 Å². The molecule has 26 heavy (non-hydrogen) atoms. The summed E-state index contributed by atoms with van der Waals surface area (Å²) < 4.78 is 0. The van der Waals surface area contributed by atoms with E-state index in [1.165, 1.54) is 0 Å². The lowest BCUT2D eigenvalue weighted by molar-refractivity contribution is -0.117. The molecule has 2 unspecified atom stereocenters. The van der Waals surface area contributed by atoms with Crippen molar-refractivity contribution in [3.05, 3.63) is 71.9 Å². The number of H-pyrrole nitrogens is 1. The molecule has 2 aromatic carbocycles. The van der Waals surface area contributed by atoms with Crippen molar-refractivity contribution >= 4 is 17.2 Å². The summed E-state index contributed by atoms with van der Waals surface area (Å²) in [6, 6.07) is 17.5. The van der Waals surface area contributed by atoms with Crippen molar-refractivity contribution in [2.45, 2.75) is 25.8 Å². The first-order valence-corrected chi connectivity index (χ1v) is 8.99. The molecule has 4 heteroatoms. The molecule has 0 saturated heterocycles. The molecular weight excluding hydrogens is 324 g/mol. The second-order valence-corrected chi connectivity index (χ2v) is 7.32. The molecule has 0 aliphatic heterocycles. The van der Waals surface area contributed by atoms with Gasteiger partial charge in [-0.25, -0.2) is 0 Å². The number of hydrogen-bond donors (Lipinski definition) is 3. The Morgan fingerprint density at radius 3 is 2.54 bits per heavy atom. The smallest absolute Gasteiger partial charge is 0.127 e. The number of hydrogen-bond acceptors (Lipinski definition) is 3. The van der Waals surface area contributed by atoms with Gasteiger partial charge in [0.05, 0.1) is 0 Å². The number of nitrogens with two attached hydrogens (primary N) is 1.